The normalized spacial score (nSPS) is 22.7. The van der Waals surface area contributed by atoms with Gasteiger partial charge in [-0.05, 0) is 0 Å². The van der Waals surface area contributed by atoms with Gasteiger partial charge in [0.1, 0.15) is 5.82 Å². The van der Waals surface area contributed by atoms with Crippen LogP contribution in [0.3, 0.4) is 0 Å². The van der Waals surface area contributed by atoms with Crippen molar-refractivity contribution >= 4 is 16.9 Å². The van der Waals surface area contributed by atoms with E-state index in [0.29, 0.717) is 11.2 Å². The fourth-order valence-electron chi connectivity index (χ4n) is 1.17. The van der Waals surface area contributed by atoms with Crippen molar-refractivity contribution in [1.29, 1.82) is 0 Å². The molecule has 2 rings (SSSR count). The van der Waals surface area contributed by atoms with E-state index in [1.807, 2.05) is 6.20 Å². The van der Waals surface area contributed by atoms with Crippen LogP contribution in [0.25, 0.3) is 0 Å². The van der Waals surface area contributed by atoms with Gasteiger partial charge in [0.05, 0.1) is 6.04 Å². The highest BCUT2D eigenvalue weighted by Gasteiger charge is 2.16. The van der Waals surface area contributed by atoms with Crippen molar-refractivity contribution in [1.82, 2.24) is 9.97 Å². The maximum absolute atomic E-state index is 5.54. The third-order valence-electron chi connectivity index (χ3n) is 1.72. The molecule has 0 aromatic carbocycles. The predicted octanol–water partition coefficient (Wildman–Crippen LogP) is 0.382. The van der Waals surface area contributed by atoms with Crippen molar-refractivity contribution < 1.29 is 0 Å². The summed E-state index contributed by atoms with van der Waals surface area (Å²) in [7, 11) is 0. The fourth-order valence-corrected chi connectivity index (χ4v) is 1.95. The minimum absolute atomic E-state index is 0.307. The second kappa shape index (κ2) is 3.18. The van der Waals surface area contributed by atoms with Gasteiger partial charge < -0.3 is 10.7 Å². The van der Waals surface area contributed by atoms with Crippen LogP contribution >= 0.6 is 11.8 Å². The molecule has 0 aliphatic carbocycles. The van der Waals surface area contributed by atoms with Crippen molar-refractivity contribution in [2.24, 2.45) is 10.7 Å². The fraction of sp³-hybridized carbons (Fsp3) is 0.429. The first-order valence-corrected chi connectivity index (χ1v) is 4.77. The SMILES string of the molecule is NC1=N[C@H](Cc2ncc[nH]2)CS1. The maximum atomic E-state index is 5.54. The number of aliphatic imine (C=N–C) groups is 1. The van der Waals surface area contributed by atoms with E-state index in [4.69, 9.17) is 5.73 Å². The second-order valence-electron chi connectivity index (χ2n) is 2.67. The molecule has 12 heavy (non-hydrogen) atoms. The number of rotatable bonds is 2. The molecule has 0 radical (unpaired) electrons. The molecule has 0 unspecified atom stereocenters. The number of hydrogen-bond acceptors (Lipinski definition) is 4. The highest BCUT2D eigenvalue weighted by molar-refractivity contribution is 8.14. The van der Waals surface area contributed by atoms with E-state index in [1.54, 1.807) is 18.0 Å². The molecule has 1 aliphatic heterocycles. The Bertz CT molecular complexity index is 280. The van der Waals surface area contributed by atoms with Gasteiger partial charge in [-0.1, -0.05) is 11.8 Å². The van der Waals surface area contributed by atoms with Gasteiger partial charge in [0, 0.05) is 24.6 Å². The largest absolute Gasteiger partial charge is 0.379 e. The van der Waals surface area contributed by atoms with Crippen LogP contribution < -0.4 is 5.73 Å². The van der Waals surface area contributed by atoms with Crippen molar-refractivity contribution in [3.8, 4) is 0 Å². The number of aromatic nitrogens is 2. The third kappa shape index (κ3) is 1.61. The lowest BCUT2D eigenvalue weighted by molar-refractivity contribution is 0.730. The molecule has 0 amide bonds. The minimum atomic E-state index is 0.307. The lowest BCUT2D eigenvalue weighted by Crippen LogP contribution is -2.09. The van der Waals surface area contributed by atoms with Crippen molar-refractivity contribution in [3.05, 3.63) is 18.2 Å². The Hall–Kier alpha value is -0.970. The van der Waals surface area contributed by atoms with Gasteiger partial charge in [-0.2, -0.15) is 0 Å². The third-order valence-corrected chi connectivity index (χ3v) is 2.67. The van der Waals surface area contributed by atoms with Crippen LogP contribution in [0.15, 0.2) is 17.4 Å². The predicted molar refractivity (Wildman–Crippen MR) is 50.2 cm³/mol. The van der Waals surface area contributed by atoms with Gasteiger partial charge in [-0.3, -0.25) is 4.99 Å². The molecule has 4 nitrogen and oxygen atoms in total. The Kier molecular flexibility index (Phi) is 2.03. The number of H-pyrrole nitrogens is 1. The van der Waals surface area contributed by atoms with Gasteiger partial charge >= 0.3 is 0 Å². The topological polar surface area (TPSA) is 67.1 Å². The molecular formula is C7H10N4S. The van der Waals surface area contributed by atoms with Crippen LogP contribution in [-0.4, -0.2) is 26.9 Å². The Labute approximate surface area is 74.7 Å². The highest BCUT2D eigenvalue weighted by Crippen LogP contribution is 2.17. The molecule has 1 aromatic heterocycles. The summed E-state index contributed by atoms with van der Waals surface area (Å²) in [6.07, 6.45) is 4.44. The molecule has 0 saturated heterocycles. The van der Waals surface area contributed by atoms with Crippen LogP contribution in [-0.2, 0) is 6.42 Å². The Morgan fingerprint density at radius 2 is 2.67 bits per heavy atom. The summed E-state index contributed by atoms with van der Waals surface area (Å²) in [4.78, 5) is 11.4. The first-order chi connectivity index (χ1) is 5.84. The molecule has 2 heterocycles. The molecule has 1 aromatic rings. The van der Waals surface area contributed by atoms with Gasteiger partial charge in [-0.25, -0.2) is 4.98 Å². The summed E-state index contributed by atoms with van der Waals surface area (Å²) in [6.45, 7) is 0. The smallest absolute Gasteiger partial charge is 0.154 e. The molecule has 0 fully saturated rings. The second-order valence-corrected chi connectivity index (χ2v) is 3.71. The lowest BCUT2D eigenvalue weighted by Gasteiger charge is -2.00. The number of nitrogens with two attached hydrogens (primary N) is 1. The monoisotopic (exact) mass is 182 g/mol. The van der Waals surface area contributed by atoms with E-state index in [0.717, 1.165) is 18.0 Å². The number of imidazole rings is 1. The summed E-state index contributed by atoms with van der Waals surface area (Å²) in [6, 6.07) is 0.307. The molecule has 64 valence electrons. The Morgan fingerprint density at radius 3 is 3.25 bits per heavy atom. The molecule has 0 saturated carbocycles. The van der Waals surface area contributed by atoms with Crippen LogP contribution in [0.2, 0.25) is 0 Å². The zero-order chi connectivity index (χ0) is 8.39. The number of amidine groups is 1. The summed E-state index contributed by atoms with van der Waals surface area (Å²) in [5.74, 6) is 1.96. The van der Waals surface area contributed by atoms with E-state index in [2.05, 4.69) is 15.0 Å². The van der Waals surface area contributed by atoms with Gasteiger partial charge in [0.15, 0.2) is 5.17 Å². The lowest BCUT2D eigenvalue weighted by atomic mass is 10.2. The van der Waals surface area contributed by atoms with E-state index in [1.165, 1.54) is 0 Å². The number of thioether (sulfide) groups is 1. The number of hydrogen-bond donors (Lipinski definition) is 2. The first-order valence-electron chi connectivity index (χ1n) is 3.79. The van der Waals surface area contributed by atoms with Gasteiger partial charge in [-0.15, -0.1) is 0 Å². The van der Waals surface area contributed by atoms with Crippen molar-refractivity contribution in [3.63, 3.8) is 0 Å². The van der Waals surface area contributed by atoms with Gasteiger partial charge in [0.25, 0.3) is 0 Å². The Balaban J connectivity index is 1.97. The van der Waals surface area contributed by atoms with E-state index in [-0.39, 0.29) is 0 Å². The molecule has 0 bridgehead atoms. The Morgan fingerprint density at radius 1 is 1.75 bits per heavy atom. The van der Waals surface area contributed by atoms with E-state index in [9.17, 15) is 0 Å². The number of nitrogens with one attached hydrogen (secondary N) is 1. The molecular weight excluding hydrogens is 172 g/mol. The van der Waals surface area contributed by atoms with Crippen molar-refractivity contribution in [2.45, 2.75) is 12.5 Å². The molecule has 0 spiro atoms. The van der Waals surface area contributed by atoms with Crippen LogP contribution in [0.4, 0.5) is 0 Å². The van der Waals surface area contributed by atoms with Crippen LogP contribution in [0.1, 0.15) is 5.82 Å². The molecule has 5 heteroatoms. The molecule has 1 atom stereocenters. The standard InChI is InChI=1S/C7H10N4S/c8-7-11-5(4-12-7)3-6-9-1-2-10-6/h1-2,5H,3-4H2,(H2,8,11)(H,9,10)/t5-/m1/s1. The first kappa shape index (κ1) is 7.67. The average molecular weight is 182 g/mol. The zero-order valence-electron chi connectivity index (χ0n) is 6.53. The van der Waals surface area contributed by atoms with E-state index >= 15 is 0 Å². The minimum Gasteiger partial charge on any atom is -0.379 e. The van der Waals surface area contributed by atoms with E-state index < -0.39 is 0 Å². The van der Waals surface area contributed by atoms with Crippen LogP contribution in [0, 0.1) is 0 Å². The zero-order valence-corrected chi connectivity index (χ0v) is 7.34. The average Bonchev–Trinajstić information content (AvgIpc) is 2.63. The summed E-state index contributed by atoms with van der Waals surface area (Å²) >= 11 is 1.61. The van der Waals surface area contributed by atoms with Crippen LogP contribution in [0.5, 0.6) is 0 Å². The molecule has 3 N–H and O–H groups in total. The summed E-state index contributed by atoms with van der Waals surface area (Å²) in [5, 5.41) is 0.701. The van der Waals surface area contributed by atoms with Gasteiger partial charge in [0.2, 0.25) is 0 Å². The number of aromatic amines is 1. The summed E-state index contributed by atoms with van der Waals surface area (Å²) in [5.41, 5.74) is 5.54. The molecule has 1 aliphatic rings. The number of nitrogens with zero attached hydrogens (tertiary/aromatic N) is 2. The highest BCUT2D eigenvalue weighted by atomic mass is 32.2. The van der Waals surface area contributed by atoms with Crippen molar-refractivity contribution in [2.75, 3.05) is 5.75 Å². The quantitative estimate of drug-likeness (QED) is 0.695. The maximum Gasteiger partial charge on any atom is 0.154 e. The summed E-state index contributed by atoms with van der Waals surface area (Å²) < 4.78 is 0.